The number of hydrogen-bond acceptors (Lipinski definition) is 2. The van der Waals surface area contributed by atoms with E-state index in [-0.39, 0.29) is 0 Å². The fourth-order valence-corrected chi connectivity index (χ4v) is 3.71. The van der Waals surface area contributed by atoms with E-state index in [1.807, 2.05) is 0 Å². The van der Waals surface area contributed by atoms with Gasteiger partial charge in [0.2, 0.25) is 0 Å². The van der Waals surface area contributed by atoms with Gasteiger partial charge in [0.1, 0.15) is 0 Å². The average Bonchev–Trinajstić information content (AvgIpc) is 2.32. The molecule has 2 aliphatic carbocycles. The van der Waals surface area contributed by atoms with E-state index in [9.17, 15) is 13.6 Å². The molecule has 2 rings (SSSR count). The Hall–Kier alpha value is -0.670. The Bertz CT molecular complexity index is 300. The molecule has 2 nitrogen and oxygen atoms in total. The molecule has 0 radical (unpaired) electrons. The van der Waals surface area contributed by atoms with Crippen LogP contribution in [0.2, 0.25) is 0 Å². The maximum absolute atomic E-state index is 12.6. The molecular formula is C15H24F2O2. The quantitative estimate of drug-likeness (QED) is 0.703. The van der Waals surface area contributed by atoms with Crippen molar-refractivity contribution in [3.63, 3.8) is 0 Å². The Morgan fingerprint density at radius 3 is 2.42 bits per heavy atom. The Balaban J connectivity index is 1.66. The van der Waals surface area contributed by atoms with E-state index < -0.39 is 18.5 Å². The van der Waals surface area contributed by atoms with E-state index in [4.69, 9.17) is 0 Å². The van der Waals surface area contributed by atoms with Gasteiger partial charge in [-0.05, 0) is 43.4 Å². The maximum Gasteiger partial charge on any atom is 0.306 e. The number of alkyl halides is 2. The van der Waals surface area contributed by atoms with Crippen molar-refractivity contribution in [1.82, 2.24) is 0 Å². The van der Waals surface area contributed by atoms with Crippen molar-refractivity contribution < 1.29 is 18.3 Å². The van der Waals surface area contributed by atoms with Gasteiger partial charge in [-0.3, -0.25) is 4.79 Å². The van der Waals surface area contributed by atoms with Crippen molar-refractivity contribution in [2.75, 3.05) is 6.61 Å². The van der Waals surface area contributed by atoms with Crippen LogP contribution in [0.5, 0.6) is 0 Å². The Labute approximate surface area is 113 Å². The smallest absolute Gasteiger partial charge is 0.306 e. The molecule has 0 amide bonds. The largest absolute Gasteiger partial charge is 0.459 e. The highest BCUT2D eigenvalue weighted by Gasteiger charge is 2.32. The highest BCUT2D eigenvalue weighted by molar-refractivity contribution is 5.69. The number of rotatable bonds is 5. The Morgan fingerprint density at radius 2 is 1.84 bits per heavy atom. The number of esters is 1. The normalized spacial score (nSPS) is 31.0. The van der Waals surface area contributed by atoms with Gasteiger partial charge in [-0.1, -0.05) is 19.3 Å². The first kappa shape index (κ1) is 14.7. The van der Waals surface area contributed by atoms with Gasteiger partial charge < -0.3 is 4.74 Å². The van der Waals surface area contributed by atoms with E-state index in [0.29, 0.717) is 12.3 Å². The molecule has 0 aliphatic heterocycles. The lowest BCUT2D eigenvalue weighted by molar-refractivity contribution is -0.154. The van der Waals surface area contributed by atoms with Gasteiger partial charge in [-0.2, -0.15) is 0 Å². The monoisotopic (exact) mass is 274 g/mol. The minimum absolute atomic E-state index is 0.292. The van der Waals surface area contributed by atoms with E-state index in [0.717, 1.165) is 25.2 Å². The standard InChI is InChI=1S/C15H24F2O2/c1-15(16,17)10-19-14(18)6-5-13-8-11-3-2-4-12(7-11)9-13/h11-13H,2-10H2,1H3. The first-order valence-electron chi connectivity index (χ1n) is 7.46. The summed E-state index contributed by atoms with van der Waals surface area (Å²) in [5.74, 6) is -1.12. The molecule has 0 aromatic heterocycles. The summed E-state index contributed by atoms with van der Waals surface area (Å²) in [5, 5.41) is 0. The minimum Gasteiger partial charge on any atom is -0.459 e. The van der Waals surface area contributed by atoms with Crippen LogP contribution in [0.1, 0.15) is 58.3 Å². The predicted molar refractivity (Wildman–Crippen MR) is 69.0 cm³/mol. The third-order valence-electron chi connectivity index (χ3n) is 4.47. The van der Waals surface area contributed by atoms with Gasteiger partial charge in [0.05, 0.1) is 0 Å². The second kappa shape index (κ2) is 6.19. The molecule has 0 saturated heterocycles. The number of fused-ring (bicyclic) bond motifs is 2. The number of hydrogen-bond donors (Lipinski definition) is 0. The molecule has 19 heavy (non-hydrogen) atoms. The van der Waals surface area contributed by atoms with Crippen molar-refractivity contribution in [2.24, 2.45) is 17.8 Å². The SMILES string of the molecule is CC(F)(F)COC(=O)CCC1CC2CCCC(C2)C1. The van der Waals surface area contributed by atoms with Crippen LogP contribution in [0, 0.1) is 17.8 Å². The Morgan fingerprint density at radius 1 is 1.21 bits per heavy atom. The summed E-state index contributed by atoms with van der Waals surface area (Å²) >= 11 is 0. The van der Waals surface area contributed by atoms with Crippen LogP contribution in [-0.4, -0.2) is 18.5 Å². The third-order valence-corrected chi connectivity index (χ3v) is 4.47. The molecule has 4 heteroatoms. The summed E-state index contributed by atoms with van der Waals surface area (Å²) in [5.41, 5.74) is 0. The topological polar surface area (TPSA) is 26.3 Å². The molecule has 0 N–H and O–H groups in total. The number of carbonyl (C=O) groups excluding carboxylic acids is 1. The minimum atomic E-state index is -2.92. The molecule has 2 unspecified atom stereocenters. The van der Waals surface area contributed by atoms with Gasteiger partial charge >= 0.3 is 5.97 Å². The van der Waals surface area contributed by atoms with Crippen LogP contribution in [-0.2, 0) is 9.53 Å². The summed E-state index contributed by atoms with van der Waals surface area (Å²) in [6.07, 6.45) is 8.92. The van der Waals surface area contributed by atoms with Crippen LogP contribution in [0.15, 0.2) is 0 Å². The first-order valence-corrected chi connectivity index (χ1v) is 7.46. The van der Waals surface area contributed by atoms with Crippen LogP contribution in [0.3, 0.4) is 0 Å². The number of carbonyl (C=O) groups is 1. The summed E-state index contributed by atoms with van der Waals surface area (Å²) in [6.45, 7) is -0.0235. The van der Waals surface area contributed by atoms with E-state index in [1.165, 1.54) is 38.5 Å². The number of halogens is 2. The predicted octanol–water partition coefficient (Wildman–Crippen LogP) is 4.18. The van der Waals surface area contributed by atoms with Gasteiger partial charge in [-0.15, -0.1) is 0 Å². The molecule has 0 heterocycles. The summed E-state index contributed by atoms with van der Waals surface area (Å²) < 4.78 is 29.7. The second-order valence-corrected chi connectivity index (χ2v) is 6.51. The summed E-state index contributed by atoms with van der Waals surface area (Å²) in [4.78, 5) is 11.4. The van der Waals surface area contributed by atoms with Crippen LogP contribution in [0.4, 0.5) is 8.78 Å². The van der Waals surface area contributed by atoms with Crippen molar-refractivity contribution >= 4 is 5.97 Å². The summed E-state index contributed by atoms with van der Waals surface area (Å²) in [7, 11) is 0. The van der Waals surface area contributed by atoms with Gasteiger partial charge in [-0.25, -0.2) is 8.78 Å². The molecule has 0 spiro atoms. The van der Waals surface area contributed by atoms with Gasteiger partial charge in [0, 0.05) is 13.3 Å². The highest BCUT2D eigenvalue weighted by atomic mass is 19.3. The molecule has 0 aromatic rings. The van der Waals surface area contributed by atoms with Gasteiger partial charge in [0.15, 0.2) is 6.61 Å². The lowest BCUT2D eigenvalue weighted by atomic mass is 9.67. The van der Waals surface area contributed by atoms with E-state index in [1.54, 1.807) is 0 Å². The molecule has 0 aromatic carbocycles. The molecule has 2 bridgehead atoms. The highest BCUT2D eigenvalue weighted by Crippen LogP contribution is 2.43. The molecule has 110 valence electrons. The Kier molecular flexibility index (Phi) is 4.80. The van der Waals surface area contributed by atoms with Crippen molar-refractivity contribution in [3.8, 4) is 0 Å². The second-order valence-electron chi connectivity index (χ2n) is 6.51. The third kappa shape index (κ3) is 5.07. The maximum atomic E-state index is 12.6. The summed E-state index contributed by atoms with van der Waals surface area (Å²) in [6, 6.07) is 0. The lowest BCUT2D eigenvalue weighted by Crippen LogP contribution is -2.27. The van der Waals surface area contributed by atoms with Crippen molar-refractivity contribution in [2.45, 2.75) is 64.2 Å². The molecular weight excluding hydrogens is 250 g/mol. The lowest BCUT2D eigenvalue weighted by Gasteiger charge is -2.39. The van der Waals surface area contributed by atoms with E-state index in [2.05, 4.69) is 4.74 Å². The fraction of sp³-hybridized carbons (Fsp3) is 0.933. The zero-order valence-electron chi connectivity index (χ0n) is 11.7. The number of ether oxygens (including phenoxy) is 1. The first-order chi connectivity index (χ1) is 8.92. The van der Waals surface area contributed by atoms with Crippen LogP contribution < -0.4 is 0 Å². The fourth-order valence-electron chi connectivity index (χ4n) is 3.71. The van der Waals surface area contributed by atoms with Crippen LogP contribution in [0.25, 0.3) is 0 Å². The molecule has 2 aliphatic rings. The average molecular weight is 274 g/mol. The molecule has 2 saturated carbocycles. The zero-order chi connectivity index (χ0) is 13.9. The molecule has 2 fully saturated rings. The van der Waals surface area contributed by atoms with E-state index >= 15 is 0 Å². The van der Waals surface area contributed by atoms with Crippen LogP contribution >= 0.6 is 0 Å². The van der Waals surface area contributed by atoms with Crippen molar-refractivity contribution in [1.29, 1.82) is 0 Å². The molecule has 2 atom stereocenters. The van der Waals surface area contributed by atoms with Crippen molar-refractivity contribution in [3.05, 3.63) is 0 Å². The zero-order valence-corrected chi connectivity index (χ0v) is 11.7. The van der Waals surface area contributed by atoms with Gasteiger partial charge in [0.25, 0.3) is 5.92 Å².